The Balaban J connectivity index is 2.00. The van der Waals surface area contributed by atoms with Gasteiger partial charge in [-0.15, -0.1) is 11.8 Å². The van der Waals surface area contributed by atoms with Crippen LogP contribution in [0.4, 0.5) is 5.69 Å². The van der Waals surface area contributed by atoms with Crippen molar-refractivity contribution >= 4 is 23.4 Å². The van der Waals surface area contributed by atoms with Gasteiger partial charge in [0.2, 0.25) is 0 Å². The second-order valence-electron chi connectivity index (χ2n) is 4.33. The van der Waals surface area contributed by atoms with Crippen molar-refractivity contribution in [3.8, 4) is 0 Å². The largest absolute Gasteiger partial charge is 0.478 e. The molecule has 0 fully saturated rings. The number of aromatic carboxylic acids is 1. The third kappa shape index (κ3) is 4.06. The second kappa shape index (κ2) is 6.90. The van der Waals surface area contributed by atoms with E-state index in [0.29, 0.717) is 17.1 Å². The number of carbonyl (C=O) groups is 1. The number of thioether (sulfide) groups is 1. The van der Waals surface area contributed by atoms with E-state index >= 15 is 0 Å². The van der Waals surface area contributed by atoms with Crippen molar-refractivity contribution in [3.63, 3.8) is 0 Å². The monoisotopic (exact) mass is 303 g/mol. The van der Waals surface area contributed by atoms with Gasteiger partial charge in [-0.3, -0.25) is 10.1 Å². The van der Waals surface area contributed by atoms with Crippen LogP contribution in [0.15, 0.2) is 53.4 Å². The van der Waals surface area contributed by atoms with E-state index in [1.165, 1.54) is 17.8 Å². The van der Waals surface area contributed by atoms with Crippen molar-refractivity contribution in [1.82, 2.24) is 0 Å². The van der Waals surface area contributed by atoms with Crippen LogP contribution >= 0.6 is 11.8 Å². The molecule has 0 spiro atoms. The molecule has 108 valence electrons. The third-order valence-corrected chi connectivity index (χ3v) is 3.95. The lowest BCUT2D eigenvalue weighted by atomic mass is 10.1. The normalized spacial score (nSPS) is 10.3. The molecule has 0 bridgehead atoms. The number of hydrogen-bond acceptors (Lipinski definition) is 4. The van der Waals surface area contributed by atoms with Crippen molar-refractivity contribution in [3.05, 3.63) is 69.8 Å². The number of hydrogen-bond donors (Lipinski definition) is 1. The molecule has 0 aliphatic rings. The fraction of sp³-hybridized carbons (Fsp3) is 0.133. The first-order valence-corrected chi connectivity index (χ1v) is 7.25. The summed E-state index contributed by atoms with van der Waals surface area (Å²) in [4.78, 5) is 22.0. The summed E-state index contributed by atoms with van der Waals surface area (Å²) in [6.45, 7) is 0. The first kappa shape index (κ1) is 15.1. The maximum Gasteiger partial charge on any atom is 0.335 e. The Labute approximate surface area is 125 Å². The zero-order valence-corrected chi connectivity index (χ0v) is 11.9. The highest BCUT2D eigenvalue weighted by molar-refractivity contribution is 7.99. The standard InChI is InChI=1S/C15H13NO4S/c17-15(18)12-5-3-4-11(10-12)8-9-21-14-7-2-1-6-13(14)16(19)20/h1-7,10H,8-9H2,(H,17,18). The maximum atomic E-state index is 10.9. The SMILES string of the molecule is O=C(O)c1cccc(CCSc2ccccc2[N+](=O)[O-])c1. The Kier molecular flexibility index (Phi) is 4.94. The molecule has 1 N–H and O–H groups in total. The minimum Gasteiger partial charge on any atom is -0.478 e. The number of para-hydroxylation sites is 1. The number of nitro groups is 1. The van der Waals surface area contributed by atoms with Gasteiger partial charge in [0.1, 0.15) is 0 Å². The molecule has 0 amide bonds. The molecule has 0 aliphatic carbocycles. The van der Waals surface area contributed by atoms with Crippen LogP contribution in [0.5, 0.6) is 0 Å². The van der Waals surface area contributed by atoms with Gasteiger partial charge in [0.05, 0.1) is 15.4 Å². The van der Waals surface area contributed by atoms with Gasteiger partial charge in [-0.05, 0) is 30.2 Å². The lowest BCUT2D eigenvalue weighted by Crippen LogP contribution is -1.98. The van der Waals surface area contributed by atoms with Crippen molar-refractivity contribution in [1.29, 1.82) is 0 Å². The Bertz CT molecular complexity index is 672. The molecule has 0 unspecified atom stereocenters. The number of carboxylic acids is 1. The van der Waals surface area contributed by atoms with Crippen LogP contribution < -0.4 is 0 Å². The van der Waals surface area contributed by atoms with Crippen molar-refractivity contribution in [2.45, 2.75) is 11.3 Å². The number of rotatable bonds is 6. The van der Waals surface area contributed by atoms with E-state index in [4.69, 9.17) is 5.11 Å². The summed E-state index contributed by atoms with van der Waals surface area (Å²) in [5.41, 5.74) is 1.26. The first-order valence-electron chi connectivity index (χ1n) is 6.26. The molecule has 0 saturated carbocycles. The molecule has 21 heavy (non-hydrogen) atoms. The lowest BCUT2D eigenvalue weighted by Gasteiger charge is -2.04. The highest BCUT2D eigenvalue weighted by Gasteiger charge is 2.12. The molecule has 0 aromatic heterocycles. The number of nitro benzene ring substituents is 1. The Hall–Kier alpha value is -2.34. The topological polar surface area (TPSA) is 80.4 Å². The Morgan fingerprint density at radius 3 is 2.67 bits per heavy atom. The number of benzene rings is 2. The van der Waals surface area contributed by atoms with E-state index in [1.54, 1.807) is 36.4 Å². The highest BCUT2D eigenvalue weighted by Crippen LogP contribution is 2.29. The van der Waals surface area contributed by atoms with E-state index in [2.05, 4.69) is 0 Å². The molecule has 5 nitrogen and oxygen atoms in total. The zero-order chi connectivity index (χ0) is 15.2. The average molecular weight is 303 g/mol. The number of nitrogens with zero attached hydrogens (tertiary/aromatic N) is 1. The van der Waals surface area contributed by atoms with Crippen LogP contribution in [0.2, 0.25) is 0 Å². The van der Waals surface area contributed by atoms with Gasteiger partial charge in [-0.25, -0.2) is 4.79 Å². The van der Waals surface area contributed by atoms with Gasteiger partial charge >= 0.3 is 5.97 Å². The smallest absolute Gasteiger partial charge is 0.335 e. The van der Waals surface area contributed by atoms with Gasteiger partial charge in [-0.2, -0.15) is 0 Å². The summed E-state index contributed by atoms with van der Waals surface area (Å²) in [5.74, 6) is -0.309. The predicted molar refractivity (Wildman–Crippen MR) is 80.9 cm³/mol. The second-order valence-corrected chi connectivity index (χ2v) is 5.47. The molecule has 0 saturated heterocycles. The molecule has 0 heterocycles. The summed E-state index contributed by atoms with van der Waals surface area (Å²) in [7, 11) is 0. The van der Waals surface area contributed by atoms with Crippen LogP contribution in [-0.2, 0) is 6.42 Å². The van der Waals surface area contributed by atoms with Crippen LogP contribution in [-0.4, -0.2) is 21.8 Å². The zero-order valence-electron chi connectivity index (χ0n) is 11.1. The number of aryl methyl sites for hydroxylation is 1. The van der Waals surface area contributed by atoms with Gasteiger partial charge in [0.15, 0.2) is 0 Å². The molecule has 0 radical (unpaired) electrons. The van der Waals surface area contributed by atoms with E-state index < -0.39 is 10.9 Å². The van der Waals surface area contributed by atoms with Crippen molar-refractivity contribution in [2.24, 2.45) is 0 Å². The van der Waals surface area contributed by atoms with E-state index in [9.17, 15) is 14.9 Å². The van der Waals surface area contributed by atoms with Gasteiger partial charge in [0, 0.05) is 11.8 Å². The molecular weight excluding hydrogens is 290 g/mol. The fourth-order valence-corrected chi connectivity index (χ4v) is 2.89. The average Bonchev–Trinajstić information content (AvgIpc) is 2.48. The fourth-order valence-electron chi connectivity index (χ4n) is 1.87. The molecular formula is C15H13NO4S. The van der Waals surface area contributed by atoms with E-state index in [1.807, 2.05) is 6.07 Å². The molecule has 0 atom stereocenters. The van der Waals surface area contributed by atoms with E-state index in [-0.39, 0.29) is 11.3 Å². The van der Waals surface area contributed by atoms with Crippen molar-refractivity contribution in [2.75, 3.05) is 5.75 Å². The summed E-state index contributed by atoms with van der Waals surface area (Å²) in [6, 6.07) is 13.3. The third-order valence-electron chi connectivity index (χ3n) is 2.88. The molecule has 2 rings (SSSR count). The van der Waals surface area contributed by atoms with Gasteiger partial charge in [-0.1, -0.05) is 24.3 Å². The summed E-state index contributed by atoms with van der Waals surface area (Å²) >= 11 is 1.40. The Morgan fingerprint density at radius 2 is 1.95 bits per heavy atom. The van der Waals surface area contributed by atoms with Crippen LogP contribution in [0.3, 0.4) is 0 Å². The first-order chi connectivity index (χ1) is 10.1. The molecule has 2 aromatic rings. The minimum absolute atomic E-state index is 0.0989. The van der Waals surface area contributed by atoms with Crippen LogP contribution in [0.1, 0.15) is 15.9 Å². The van der Waals surface area contributed by atoms with Gasteiger partial charge in [0.25, 0.3) is 5.69 Å². The quantitative estimate of drug-likeness (QED) is 0.500. The maximum absolute atomic E-state index is 10.9. The molecule has 2 aromatic carbocycles. The number of carboxylic acid groups (broad SMARTS) is 1. The molecule has 0 aliphatic heterocycles. The Morgan fingerprint density at radius 1 is 1.19 bits per heavy atom. The minimum atomic E-state index is -0.955. The predicted octanol–water partition coefficient (Wildman–Crippen LogP) is 3.63. The highest BCUT2D eigenvalue weighted by atomic mass is 32.2. The summed E-state index contributed by atoms with van der Waals surface area (Å²) < 4.78 is 0. The van der Waals surface area contributed by atoms with Crippen LogP contribution in [0, 0.1) is 10.1 Å². The molecule has 6 heteroatoms. The summed E-state index contributed by atoms with van der Waals surface area (Å²) in [5, 5.41) is 19.8. The lowest BCUT2D eigenvalue weighted by molar-refractivity contribution is -0.387. The van der Waals surface area contributed by atoms with E-state index in [0.717, 1.165) is 5.56 Å². The summed E-state index contributed by atoms with van der Waals surface area (Å²) in [6.07, 6.45) is 0.651. The van der Waals surface area contributed by atoms with Crippen molar-refractivity contribution < 1.29 is 14.8 Å². The van der Waals surface area contributed by atoms with Crippen LogP contribution in [0.25, 0.3) is 0 Å². The van der Waals surface area contributed by atoms with Gasteiger partial charge < -0.3 is 5.11 Å².